The van der Waals surface area contributed by atoms with Gasteiger partial charge in [-0.25, -0.2) is 4.98 Å². The predicted octanol–water partition coefficient (Wildman–Crippen LogP) is 13.0. The number of hydrogen-bond acceptors (Lipinski definition) is 4. The molecule has 4 nitrogen and oxygen atoms in total. The average Bonchev–Trinajstić information content (AvgIpc) is 3.87. The van der Waals surface area contributed by atoms with Gasteiger partial charge < -0.3 is 4.42 Å². The van der Waals surface area contributed by atoms with Gasteiger partial charge in [0.1, 0.15) is 5.58 Å². The molecule has 8 aromatic carbocycles. The second-order valence-corrected chi connectivity index (χ2v) is 14.4. The van der Waals surface area contributed by atoms with Crippen LogP contribution in [-0.2, 0) is 0 Å². The minimum Gasteiger partial charge on any atom is -0.437 e. The minimum absolute atomic E-state index is 0.576. The van der Waals surface area contributed by atoms with Crippen LogP contribution in [0, 0.1) is 0 Å². The fraction of sp³-hybridized carbons (Fsp3) is 0. The molecule has 12 rings (SSSR count). The Hall–Kier alpha value is -6.56. The molecule has 4 aromatic heterocycles. The summed E-state index contributed by atoms with van der Waals surface area (Å²) in [6, 6.07) is 54.0. The molecular formula is C46H25N3OS. The van der Waals surface area contributed by atoms with Gasteiger partial charge in [-0.1, -0.05) is 127 Å². The highest BCUT2D eigenvalue weighted by Gasteiger charge is 2.25. The smallest absolute Gasteiger partial charge is 0.238 e. The van der Waals surface area contributed by atoms with Gasteiger partial charge in [0.05, 0.1) is 22.1 Å². The van der Waals surface area contributed by atoms with Crippen molar-refractivity contribution in [2.24, 2.45) is 0 Å². The van der Waals surface area contributed by atoms with E-state index in [-0.39, 0.29) is 0 Å². The van der Waals surface area contributed by atoms with Gasteiger partial charge in [0.25, 0.3) is 0 Å². The normalized spacial score (nSPS) is 12.3. The molecule has 0 atom stereocenters. The van der Waals surface area contributed by atoms with Gasteiger partial charge in [-0.05, 0) is 40.4 Å². The number of fused-ring (bicyclic) bond motifs is 16. The summed E-state index contributed by atoms with van der Waals surface area (Å²) in [6.07, 6.45) is 0. The number of aromatic nitrogens is 3. The molecule has 0 aliphatic carbocycles. The van der Waals surface area contributed by atoms with Crippen LogP contribution in [0.15, 0.2) is 156 Å². The Bertz CT molecular complexity index is 3440. The average molecular weight is 668 g/mol. The van der Waals surface area contributed by atoms with Crippen LogP contribution >= 0.6 is 11.3 Å². The van der Waals surface area contributed by atoms with E-state index >= 15 is 0 Å². The minimum atomic E-state index is 0.576. The molecule has 0 unspecified atom stereocenters. The van der Waals surface area contributed by atoms with E-state index in [1.54, 1.807) is 0 Å². The van der Waals surface area contributed by atoms with Crippen molar-refractivity contribution in [2.75, 3.05) is 0 Å². The van der Waals surface area contributed by atoms with E-state index < -0.39 is 0 Å². The van der Waals surface area contributed by atoms with Crippen LogP contribution in [0.3, 0.4) is 0 Å². The number of furan rings is 1. The van der Waals surface area contributed by atoms with Crippen molar-refractivity contribution in [1.82, 2.24) is 14.5 Å². The molecule has 236 valence electrons. The van der Waals surface area contributed by atoms with Crippen molar-refractivity contribution >= 4 is 108 Å². The topological polar surface area (TPSA) is 43.9 Å². The molecule has 0 bridgehead atoms. The van der Waals surface area contributed by atoms with E-state index in [9.17, 15) is 0 Å². The van der Waals surface area contributed by atoms with Gasteiger partial charge in [-0.2, -0.15) is 4.98 Å². The molecule has 0 spiro atoms. The molecule has 0 amide bonds. The molecule has 0 N–H and O–H groups in total. The van der Waals surface area contributed by atoms with Gasteiger partial charge in [0, 0.05) is 58.1 Å². The lowest BCUT2D eigenvalue weighted by molar-refractivity contribution is 0.655. The molecule has 0 saturated heterocycles. The third-order valence-corrected chi connectivity index (χ3v) is 11.8. The zero-order valence-corrected chi connectivity index (χ0v) is 27.9. The lowest BCUT2D eigenvalue weighted by Crippen LogP contribution is -2.03. The Morgan fingerprint density at radius 3 is 2.06 bits per heavy atom. The molecule has 51 heavy (non-hydrogen) atoms. The van der Waals surface area contributed by atoms with Crippen LogP contribution in [0.5, 0.6) is 0 Å². The van der Waals surface area contributed by atoms with Crippen molar-refractivity contribution in [2.45, 2.75) is 0 Å². The second kappa shape index (κ2) is 10.0. The second-order valence-electron chi connectivity index (χ2n) is 13.3. The van der Waals surface area contributed by atoms with Crippen LogP contribution in [0.4, 0.5) is 0 Å². The number of para-hydroxylation sites is 1. The standard InChI is InChI=1S/C46H25N3OS/c1-2-13-28-25-29(22-21-26(28)11-1)41-40-35-24-23-27-12-3-4-14-30(27)43(35)50-45(40)48-46(47-41)49-36-19-9-7-17-33(36)38-39-34-18-8-10-20-37(34)51-44(39)32-16-6-5-15-31(32)42(38)49/h1-25H. The summed E-state index contributed by atoms with van der Waals surface area (Å²) in [5, 5.41) is 13.8. The lowest BCUT2D eigenvalue weighted by atomic mass is 10.00. The van der Waals surface area contributed by atoms with Crippen molar-refractivity contribution < 1.29 is 4.42 Å². The summed E-state index contributed by atoms with van der Waals surface area (Å²) in [7, 11) is 0. The molecule has 0 radical (unpaired) electrons. The van der Waals surface area contributed by atoms with Crippen molar-refractivity contribution in [1.29, 1.82) is 0 Å². The zero-order chi connectivity index (χ0) is 33.2. The Morgan fingerprint density at radius 2 is 1.18 bits per heavy atom. The van der Waals surface area contributed by atoms with Crippen LogP contribution < -0.4 is 0 Å². The van der Waals surface area contributed by atoms with Gasteiger partial charge in [-0.15, -0.1) is 11.3 Å². The van der Waals surface area contributed by atoms with Crippen LogP contribution in [-0.4, -0.2) is 14.5 Å². The Labute approximate surface area is 294 Å². The Morgan fingerprint density at radius 1 is 0.490 bits per heavy atom. The maximum Gasteiger partial charge on any atom is 0.238 e. The molecule has 0 aliphatic rings. The maximum atomic E-state index is 6.82. The molecular weight excluding hydrogens is 643 g/mol. The summed E-state index contributed by atoms with van der Waals surface area (Å²) in [5.41, 5.74) is 5.45. The lowest BCUT2D eigenvalue weighted by Gasteiger charge is -2.12. The van der Waals surface area contributed by atoms with E-state index in [2.05, 4.69) is 156 Å². The fourth-order valence-electron chi connectivity index (χ4n) is 8.36. The SMILES string of the molecule is c1ccc2cc(-c3nc(-n4c5ccccc5c5c6c7ccccc7sc6c6ccccc6c54)nc4oc5c6ccccc6ccc5c34)ccc2c1. The van der Waals surface area contributed by atoms with E-state index in [1.165, 1.54) is 47.1 Å². The summed E-state index contributed by atoms with van der Waals surface area (Å²) < 4.78 is 11.7. The van der Waals surface area contributed by atoms with E-state index in [0.29, 0.717) is 11.7 Å². The molecule has 0 fully saturated rings. The summed E-state index contributed by atoms with van der Waals surface area (Å²) in [5.74, 6) is 0.587. The number of hydrogen-bond donors (Lipinski definition) is 0. The maximum absolute atomic E-state index is 6.82. The Kier molecular flexibility index (Phi) is 5.35. The molecule has 12 aromatic rings. The highest BCUT2D eigenvalue weighted by molar-refractivity contribution is 7.27. The highest BCUT2D eigenvalue weighted by atomic mass is 32.1. The Balaban J connectivity index is 1.29. The number of benzene rings is 8. The van der Waals surface area contributed by atoms with Crippen LogP contribution in [0.1, 0.15) is 0 Å². The quantitative estimate of drug-likeness (QED) is 0.184. The summed E-state index contributed by atoms with van der Waals surface area (Å²) >= 11 is 1.87. The zero-order valence-electron chi connectivity index (χ0n) is 27.1. The van der Waals surface area contributed by atoms with Gasteiger partial charge in [0.2, 0.25) is 11.7 Å². The van der Waals surface area contributed by atoms with Crippen LogP contribution in [0.2, 0.25) is 0 Å². The third-order valence-electron chi connectivity index (χ3n) is 10.6. The molecule has 5 heteroatoms. The van der Waals surface area contributed by atoms with Crippen LogP contribution in [0.25, 0.3) is 114 Å². The molecule has 4 heterocycles. The van der Waals surface area contributed by atoms with Gasteiger partial charge in [0.15, 0.2) is 0 Å². The van der Waals surface area contributed by atoms with Crippen molar-refractivity contribution in [3.63, 3.8) is 0 Å². The number of thiophene rings is 1. The first-order valence-corrected chi connectivity index (χ1v) is 18.0. The molecule has 0 aliphatic heterocycles. The first-order chi connectivity index (χ1) is 25.3. The molecule has 0 saturated carbocycles. The third kappa shape index (κ3) is 3.68. The van der Waals surface area contributed by atoms with Gasteiger partial charge >= 0.3 is 0 Å². The van der Waals surface area contributed by atoms with E-state index in [0.717, 1.165) is 54.8 Å². The van der Waals surface area contributed by atoms with Gasteiger partial charge in [-0.3, -0.25) is 4.57 Å². The fourth-order valence-corrected chi connectivity index (χ4v) is 9.61. The first-order valence-electron chi connectivity index (χ1n) is 17.2. The van der Waals surface area contributed by atoms with E-state index in [4.69, 9.17) is 14.4 Å². The number of nitrogens with zero attached hydrogens (tertiary/aromatic N) is 3. The summed E-state index contributed by atoms with van der Waals surface area (Å²) in [6.45, 7) is 0. The monoisotopic (exact) mass is 667 g/mol. The summed E-state index contributed by atoms with van der Waals surface area (Å²) in [4.78, 5) is 10.9. The first kappa shape index (κ1) is 27.3. The van der Waals surface area contributed by atoms with E-state index in [1.807, 2.05) is 11.3 Å². The van der Waals surface area contributed by atoms with Crippen molar-refractivity contribution in [3.05, 3.63) is 152 Å². The largest absolute Gasteiger partial charge is 0.437 e. The van der Waals surface area contributed by atoms with Crippen molar-refractivity contribution in [3.8, 4) is 17.2 Å². The predicted molar refractivity (Wildman–Crippen MR) is 214 cm³/mol. The highest BCUT2D eigenvalue weighted by Crippen LogP contribution is 2.48. The number of rotatable bonds is 2.